The van der Waals surface area contributed by atoms with Crippen molar-refractivity contribution in [2.24, 2.45) is 5.73 Å². The lowest BCUT2D eigenvalue weighted by atomic mass is 10.0. The molecule has 5 heteroatoms. The van der Waals surface area contributed by atoms with Gasteiger partial charge in [0, 0.05) is 11.3 Å². The van der Waals surface area contributed by atoms with Crippen LogP contribution >= 0.6 is 11.3 Å². The van der Waals surface area contributed by atoms with Crippen LogP contribution in [0.4, 0.5) is 0 Å². The first kappa shape index (κ1) is 10.6. The molecule has 82 valence electrons. The maximum absolute atomic E-state index is 10.6. The lowest BCUT2D eigenvalue weighted by molar-refractivity contribution is -0.138. The molecule has 0 amide bonds. The summed E-state index contributed by atoms with van der Waals surface area (Å²) in [5, 5.41) is 9.57. The van der Waals surface area contributed by atoms with Gasteiger partial charge in [-0.15, -0.1) is 11.3 Å². The first-order chi connectivity index (χ1) is 7.16. The fourth-order valence-electron chi connectivity index (χ4n) is 1.77. The molecule has 1 aromatic rings. The number of fused-ring (bicyclic) bond motifs is 1. The summed E-state index contributed by atoms with van der Waals surface area (Å²) in [6, 6.07) is -0.822. The SMILES string of the molecule is N[C@@H](Cc1nc2c(s1)CCCC2)C(=O)O. The van der Waals surface area contributed by atoms with Gasteiger partial charge >= 0.3 is 5.97 Å². The highest BCUT2D eigenvalue weighted by Crippen LogP contribution is 2.27. The van der Waals surface area contributed by atoms with Gasteiger partial charge in [0.05, 0.1) is 10.7 Å². The van der Waals surface area contributed by atoms with Crippen molar-refractivity contribution < 1.29 is 9.90 Å². The van der Waals surface area contributed by atoms with E-state index < -0.39 is 12.0 Å². The minimum atomic E-state index is -0.955. The van der Waals surface area contributed by atoms with E-state index in [9.17, 15) is 4.79 Å². The zero-order valence-electron chi connectivity index (χ0n) is 8.40. The van der Waals surface area contributed by atoms with E-state index in [1.807, 2.05) is 0 Å². The van der Waals surface area contributed by atoms with Crippen molar-refractivity contribution in [2.75, 3.05) is 0 Å². The van der Waals surface area contributed by atoms with Gasteiger partial charge in [0.1, 0.15) is 6.04 Å². The summed E-state index contributed by atoms with van der Waals surface area (Å²) in [4.78, 5) is 16.4. The number of aryl methyl sites for hydroxylation is 2. The van der Waals surface area contributed by atoms with E-state index in [0.29, 0.717) is 6.42 Å². The van der Waals surface area contributed by atoms with Gasteiger partial charge in [-0.1, -0.05) is 0 Å². The molecule has 15 heavy (non-hydrogen) atoms. The van der Waals surface area contributed by atoms with Crippen LogP contribution in [0.3, 0.4) is 0 Å². The summed E-state index contributed by atoms with van der Waals surface area (Å²) in [6.07, 6.45) is 4.90. The van der Waals surface area contributed by atoms with Crippen molar-refractivity contribution >= 4 is 17.3 Å². The van der Waals surface area contributed by atoms with E-state index in [-0.39, 0.29) is 0 Å². The zero-order chi connectivity index (χ0) is 10.8. The molecule has 1 aliphatic carbocycles. The third-order valence-electron chi connectivity index (χ3n) is 2.60. The molecule has 0 saturated carbocycles. The number of hydrogen-bond donors (Lipinski definition) is 2. The molecular formula is C10H14N2O2S. The van der Waals surface area contributed by atoms with Gasteiger partial charge < -0.3 is 10.8 Å². The minimum Gasteiger partial charge on any atom is -0.480 e. The largest absolute Gasteiger partial charge is 0.480 e. The Morgan fingerprint density at radius 3 is 2.93 bits per heavy atom. The Balaban J connectivity index is 2.09. The molecule has 1 heterocycles. The molecule has 1 atom stereocenters. The molecule has 3 N–H and O–H groups in total. The Morgan fingerprint density at radius 1 is 1.53 bits per heavy atom. The van der Waals surface area contributed by atoms with E-state index in [0.717, 1.165) is 17.8 Å². The minimum absolute atomic E-state index is 0.354. The Kier molecular flexibility index (Phi) is 3.02. The molecule has 0 aromatic carbocycles. The quantitative estimate of drug-likeness (QED) is 0.805. The van der Waals surface area contributed by atoms with Crippen molar-refractivity contribution in [3.63, 3.8) is 0 Å². The average molecular weight is 226 g/mol. The molecule has 1 aromatic heterocycles. The maximum atomic E-state index is 10.6. The number of aliphatic carboxylic acids is 1. The van der Waals surface area contributed by atoms with Crippen molar-refractivity contribution in [1.82, 2.24) is 4.98 Å². The van der Waals surface area contributed by atoms with Crippen LogP contribution in [-0.4, -0.2) is 22.1 Å². The average Bonchev–Trinajstić information content (AvgIpc) is 2.59. The van der Waals surface area contributed by atoms with Crippen molar-refractivity contribution in [3.8, 4) is 0 Å². The van der Waals surface area contributed by atoms with E-state index in [1.165, 1.54) is 23.4 Å². The van der Waals surface area contributed by atoms with Crippen LogP contribution < -0.4 is 5.73 Å². The third-order valence-corrected chi connectivity index (χ3v) is 3.78. The first-order valence-corrected chi connectivity index (χ1v) is 5.94. The molecule has 0 unspecified atom stereocenters. The summed E-state index contributed by atoms with van der Waals surface area (Å²) in [6.45, 7) is 0. The Bertz CT molecular complexity index is 352. The Morgan fingerprint density at radius 2 is 2.27 bits per heavy atom. The van der Waals surface area contributed by atoms with Gasteiger partial charge in [-0.2, -0.15) is 0 Å². The molecule has 0 fully saturated rings. The summed E-state index contributed by atoms with van der Waals surface area (Å²) in [5.74, 6) is -0.955. The molecular weight excluding hydrogens is 212 g/mol. The second-order valence-electron chi connectivity index (χ2n) is 3.83. The fraction of sp³-hybridized carbons (Fsp3) is 0.600. The monoisotopic (exact) mass is 226 g/mol. The van der Waals surface area contributed by atoms with Gasteiger partial charge in [-0.25, -0.2) is 4.98 Å². The number of carbonyl (C=O) groups is 1. The lowest BCUT2D eigenvalue weighted by Gasteiger charge is -2.06. The summed E-state index contributed by atoms with van der Waals surface area (Å²) < 4.78 is 0. The van der Waals surface area contributed by atoms with E-state index in [1.54, 1.807) is 11.3 Å². The molecule has 4 nitrogen and oxygen atoms in total. The van der Waals surface area contributed by atoms with Crippen LogP contribution in [-0.2, 0) is 24.1 Å². The highest BCUT2D eigenvalue weighted by molar-refractivity contribution is 7.11. The number of hydrogen-bond acceptors (Lipinski definition) is 4. The van der Waals surface area contributed by atoms with Crippen LogP contribution in [0.15, 0.2) is 0 Å². The Hall–Kier alpha value is -0.940. The molecule has 1 aliphatic rings. The predicted octanol–water partition coefficient (Wildman–Crippen LogP) is 0.976. The van der Waals surface area contributed by atoms with Crippen molar-refractivity contribution in [2.45, 2.75) is 38.1 Å². The van der Waals surface area contributed by atoms with Crippen LogP contribution in [0.25, 0.3) is 0 Å². The normalized spacial score (nSPS) is 17.1. The number of nitrogens with zero attached hydrogens (tertiary/aromatic N) is 1. The summed E-state index contributed by atoms with van der Waals surface area (Å²) in [7, 11) is 0. The second-order valence-corrected chi connectivity index (χ2v) is 5.00. The van der Waals surface area contributed by atoms with Gasteiger partial charge in [0.15, 0.2) is 0 Å². The molecule has 0 radical (unpaired) electrons. The second kappa shape index (κ2) is 4.28. The van der Waals surface area contributed by atoms with E-state index >= 15 is 0 Å². The van der Waals surface area contributed by atoms with Crippen LogP contribution in [0.5, 0.6) is 0 Å². The molecule has 0 spiro atoms. The highest BCUT2D eigenvalue weighted by atomic mass is 32.1. The van der Waals surface area contributed by atoms with E-state index in [4.69, 9.17) is 10.8 Å². The Labute approximate surface area is 92.1 Å². The zero-order valence-corrected chi connectivity index (χ0v) is 9.22. The predicted molar refractivity (Wildman–Crippen MR) is 58.1 cm³/mol. The number of rotatable bonds is 3. The lowest BCUT2D eigenvalue weighted by Crippen LogP contribution is -2.32. The van der Waals surface area contributed by atoms with Gasteiger partial charge in [-0.05, 0) is 25.7 Å². The van der Waals surface area contributed by atoms with Crippen LogP contribution in [0.1, 0.15) is 28.4 Å². The highest BCUT2D eigenvalue weighted by Gasteiger charge is 2.19. The standard InChI is InChI=1S/C10H14N2O2S/c11-6(10(13)14)5-9-12-7-3-1-2-4-8(7)15-9/h6H,1-5,11H2,(H,13,14)/t6-/m0/s1. The molecule has 2 rings (SSSR count). The summed E-state index contributed by atoms with van der Waals surface area (Å²) >= 11 is 1.63. The number of aromatic nitrogens is 1. The van der Waals surface area contributed by atoms with E-state index in [2.05, 4.69) is 4.98 Å². The number of nitrogens with two attached hydrogens (primary N) is 1. The molecule has 0 aliphatic heterocycles. The maximum Gasteiger partial charge on any atom is 0.320 e. The fourth-order valence-corrected chi connectivity index (χ4v) is 2.98. The number of carboxylic acid groups (broad SMARTS) is 1. The first-order valence-electron chi connectivity index (χ1n) is 5.12. The van der Waals surface area contributed by atoms with Gasteiger partial charge in [-0.3, -0.25) is 4.79 Å². The number of carboxylic acids is 1. The van der Waals surface area contributed by atoms with Crippen LogP contribution in [0.2, 0.25) is 0 Å². The van der Waals surface area contributed by atoms with Gasteiger partial charge in [0.2, 0.25) is 0 Å². The summed E-state index contributed by atoms with van der Waals surface area (Å²) in [5.41, 5.74) is 6.64. The van der Waals surface area contributed by atoms with Crippen LogP contribution in [0, 0.1) is 0 Å². The van der Waals surface area contributed by atoms with Crippen molar-refractivity contribution in [3.05, 3.63) is 15.6 Å². The smallest absolute Gasteiger partial charge is 0.320 e. The molecule has 0 saturated heterocycles. The topological polar surface area (TPSA) is 76.2 Å². The van der Waals surface area contributed by atoms with Crippen molar-refractivity contribution in [1.29, 1.82) is 0 Å². The number of thiazole rings is 1. The molecule has 0 bridgehead atoms. The third kappa shape index (κ3) is 2.35. The van der Waals surface area contributed by atoms with Gasteiger partial charge in [0.25, 0.3) is 0 Å².